The molecule has 2 aliphatic carbocycles. The summed E-state index contributed by atoms with van der Waals surface area (Å²) in [5.74, 6) is -4.20. The van der Waals surface area contributed by atoms with E-state index in [0.29, 0.717) is 0 Å². The van der Waals surface area contributed by atoms with Gasteiger partial charge in [0.1, 0.15) is 22.5 Å². The van der Waals surface area contributed by atoms with Crippen LogP contribution in [0.3, 0.4) is 0 Å². The van der Waals surface area contributed by atoms with E-state index >= 15 is 0 Å². The summed E-state index contributed by atoms with van der Waals surface area (Å²) in [6, 6.07) is 21.6. The maximum atomic E-state index is 14.4. The van der Waals surface area contributed by atoms with Crippen LogP contribution in [-0.4, -0.2) is 23.1 Å². The zero-order chi connectivity index (χ0) is 25.2. The number of carbonyl (C=O) groups excluding carboxylic acids is 4. The van der Waals surface area contributed by atoms with Crippen molar-refractivity contribution in [1.82, 2.24) is 0 Å². The van der Waals surface area contributed by atoms with Crippen LogP contribution in [0.15, 0.2) is 97.1 Å². The Balaban J connectivity index is 1.81. The fraction of sp³-hybridized carbons (Fsp3) is 0.0667. The second-order valence-electron chi connectivity index (χ2n) is 8.92. The molecule has 6 rings (SSSR count). The van der Waals surface area contributed by atoms with Crippen LogP contribution in [0, 0.1) is 11.6 Å². The van der Waals surface area contributed by atoms with Crippen molar-refractivity contribution in [1.29, 1.82) is 0 Å². The molecule has 6 heteroatoms. The van der Waals surface area contributed by atoms with Crippen LogP contribution in [0.25, 0.3) is 0 Å². The number of hydrogen-bond donors (Lipinski definition) is 0. The molecule has 0 saturated heterocycles. The monoisotopic (exact) mass is 478 g/mol. The first-order valence-corrected chi connectivity index (χ1v) is 11.2. The minimum absolute atomic E-state index is 0.00827. The maximum absolute atomic E-state index is 14.4. The zero-order valence-electron chi connectivity index (χ0n) is 18.6. The van der Waals surface area contributed by atoms with Gasteiger partial charge in [0.05, 0.1) is 0 Å². The highest BCUT2D eigenvalue weighted by molar-refractivity contribution is 6.45. The van der Waals surface area contributed by atoms with Crippen molar-refractivity contribution in [3.63, 3.8) is 0 Å². The van der Waals surface area contributed by atoms with E-state index in [-0.39, 0.29) is 33.4 Å². The summed E-state index contributed by atoms with van der Waals surface area (Å²) >= 11 is 0. The van der Waals surface area contributed by atoms with Crippen LogP contribution in [0.1, 0.15) is 52.6 Å². The van der Waals surface area contributed by atoms with Crippen molar-refractivity contribution in [2.45, 2.75) is 10.8 Å². The predicted octanol–water partition coefficient (Wildman–Crippen LogP) is 5.30. The molecule has 0 fully saturated rings. The van der Waals surface area contributed by atoms with Crippen LogP contribution >= 0.6 is 0 Å². The lowest BCUT2D eigenvalue weighted by atomic mass is 9.52. The van der Waals surface area contributed by atoms with Gasteiger partial charge in [-0.15, -0.1) is 0 Å². The molecular weight excluding hydrogens is 462 g/mol. The molecule has 4 aromatic carbocycles. The quantitative estimate of drug-likeness (QED) is 0.375. The SMILES string of the molecule is O=C1c2ccccc2C(=O)C1(c1ccc(F)cc1)C1(c2ccc(F)cc2)C(=O)c2ccccc2C1=O. The number of rotatable bonds is 3. The summed E-state index contributed by atoms with van der Waals surface area (Å²) in [6.45, 7) is 0. The molecule has 0 bridgehead atoms. The average Bonchev–Trinajstić information content (AvgIpc) is 3.27. The molecule has 0 aromatic heterocycles. The van der Waals surface area contributed by atoms with Crippen LogP contribution in [0.2, 0.25) is 0 Å². The van der Waals surface area contributed by atoms with Gasteiger partial charge in [0.15, 0.2) is 23.1 Å². The highest BCUT2D eigenvalue weighted by atomic mass is 19.1. The smallest absolute Gasteiger partial charge is 0.183 e. The number of carbonyl (C=O) groups is 4. The first kappa shape index (κ1) is 21.9. The first-order chi connectivity index (χ1) is 17.3. The molecule has 4 aromatic rings. The van der Waals surface area contributed by atoms with Gasteiger partial charge in [-0.05, 0) is 35.4 Å². The standard InChI is InChI=1S/C30H16F2O4/c31-19-13-9-17(10-14-19)29(25(33)21-5-1-2-6-22(21)26(29)34)30(18-11-15-20(32)16-12-18)27(35)23-7-3-4-8-24(23)28(30)36/h1-16H. The van der Waals surface area contributed by atoms with Gasteiger partial charge >= 0.3 is 0 Å². The summed E-state index contributed by atoms with van der Waals surface area (Å²) in [6.07, 6.45) is 0. The average molecular weight is 478 g/mol. The van der Waals surface area contributed by atoms with E-state index in [4.69, 9.17) is 0 Å². The maximum Gasteiger partial charge on any atom is 0.183 e. The Morgan fingerprint density at radius 2 is 0.639 bits per heavy atom. The number of fused-ring (bicyclic) bond motifs is 2. The highest BCUT2D eigenvalue weighted by Gasteiger charge is 2.75. The van der Waals surface area contributed by atoms with Gasteiger partial charge in [-0.2, -0.15) is 0 Å². The molecule has 4 nitrogen and oxygen atoms in total. The molecule has 0 spiro atoms. The van der Waals surface area contributed by atoms with Crippen LogP contribution in [0.4, 0.5) is 8.78 Å². The third-order valence-corrected chi connectivity index (χ3v) is 7.31. The van der Waals surface area contributed by atoms with Gasteiger partial charge in [-0.3, -0.25) is 19.2 Å². The first-order valence-electron chi connectivity index (χ1n) is 11.2. The molecule has 2 aliphatic rings. The largest absolute Gasteiger partial charge is 0.293 e. The van der Waals surface area contributed by atoms with Gasteiger partial charge in [0.25, 0.3) is 0 Å². The Morgan fingerprint density at radius 3 is 0.889 bits per heavy atom. The van der Waals surface area contributed by atoms with E-state index in [0.717, 1.165) is 24.3 Å². The fourth-order valence-electron chi connectivity index (χ4n) is 5.81. The molecular formula is C30H16F2O4. The van der Waals surface area contributed by atoms with Crippen molar-refractivity contribution in [2.75, 3.05) is 0 Å². The normalized spacial score (nSPS) is 17.3. The molecule has 0 N–H and O–H groups in total. The molecule has 0 saturated carbocycles. The molecule has 0 atom stereocenters. The topological polar surface area (TPSA) is 68.3 Å². The summed E-state index contributed by atoms with van der Waals surface area (Å²) in [4.78, 5) is 57.6. The zero-order valence-corrected chi connectivity index (χ0v) is 18.6. The molecule has 0 heterocycles. The molecule has 36 heavy (non-hydrogen) atoms. The number of halogens is 2. The highest BCUT2D eigenvalue weighted by Crippen LogP contribution is 2.57. The van der Waals surface area contributed by atoms with E-state index < -0.39 is 45.6 Å². The van der Waals surface area contributed by atoms with Crippen molar-refractivity contribution in [3.8, 4) is 0 Å². The Bertz CT molecular complexity index is 1420. The van der Waals surface area contributed by atoms with Crippen molar-refractivity contribution >= 4 is 23.1 Å². The minimum atomic E-state index is -2.37. The fourth-order valence-corrected chi connectivity index (χ4v) is 5.81. The Labute approximate surface area is 204 Å². The summed E-state index contributed by atoms with van der Waals surface area (Å²) in [7, 11) is 0. The van der Waals surface area contributed by atoms with Gasteiger partial charge < -0.3 is 0 Å². The lowest BCUT2D eigenvalue weighted by Gasteiger charge is -2.42. The molecule has 0 amide bonds. The molecule has 174 valence electrons. The van der Waals surface area contributed by atoms with E-state index in [1.54, 1.807) is 24.3 Å². The second kappa shape index (κ2) is 7.46. The number of ketones is 4. The van der Waals surface area contributed by atoms with E-state index in [2.05, 4.69) is 0 Å². The van der Waals surface area contributed by atoms with Crippen LogP contribution < -0.4 is 0 Å². The van der Waals surface area contributed by atoms with Crippen LogP contribution in [0.5, 0.6) is 0 Å². The van der Waals surface area contributed by atoms with Gasteiger partial charge in [0.2, 0.25) is 0 Å². The Hall–Kier alpha value is -4.58. The number of hydrogen-bond acceptors (Lipinski definition) is 4. The van der Waals surface area contributed by atoms with E-state index in [1.165, 1.54) is 48.5 Å². The lowest BCUT2D eigenvalue weighted by molar-refractivity contribution is 0.0557. The molecule has 0 unspecified atom stereocenters. The number of Topliss-reactive ketones (excluding diaryl/α,β-unsaturated/α-hetero) is 4. The van der Waals surface area contributed by atoms with Gasteiger partial charge in [-0.25, -0.2) is 8.78 Å². The van der Waals surface area contributed by atoms with Gasteiger partial charge in [-0.1, -0.05) is 72.8 Å². The third kappa shape index (κ3) is 2.45. The Morgan fingerprint density at radius 1 is 0.389 bits per heavy atom. The number of benzene rings is 4. The predicted molar refractivity (Wildman–Crippen MR) is 126 cm³/mol. The van der Waals surface area contributed by atoms with E-state index in [1.807, 2.05) is 0 Å². The lowest BCUT2D eigenvalue weighted by Crippen LogP contribution is -2.62. The second-order valence-corrected chi connectivity index (χ2v) is 8.92. The molecule has 0 aliphatic heterocycles. The summed E-state index contributed by atoms with van der Waals surface area (Å²) in [5.41, 5.74) is -4.47. The Kier molecular flexibility index (Phi) is 4.54. The van der Waals surface area contributed by atoms with E-state index in [9.17, 15) is 28.0 Å². The minimum Gasteiger partial charge on any atom is -0.293 e. The van der Waals surface area contributed by atoms with Crippen molar-refractivity contribution in [3.05, 3.63) is 142 Å². The van der Waals surface area contributed by atoms with Crippen molar-refractivity contribution in [2.24, 2.45) is 0 Å². The third-order valence-electron chi connectivity index (χ3n) is 7.31. The summed E-state index contributed by atoms with van der Waals surface area (Å²) in [5, 5.41) is 0. The summed E-state index contributed by atoms with van der Waals surface area (Å²) < 4.78 is 28.0. The van der Waals surface area contributed by atoms with Crippen molar-refractivity contribution < 1.29 is 28.0 Å². The van der Waals surface area contributed by atoms with Gasteiger partial charge in [0, 0.05) is 22.3 Å². The van der Waals surface area contributed by atoms with Crippen LogP contribution in [-0.2, 0) is 10.8 Å². The molecule has 0 radical (unpaired) electrons.